The molecule has 0 N–H and O–H groups in total. The number of ether oxygens (including phenoxy) is 2. The summed E-state index contributed by atoms with van der Waals surface area (Å²) in [7, 11) is 0. The van der Waals surface area contributed by atoms with Crippen LogP contribution in [-0.2, 0) is 0 Å². The predicted molar refractivity (Wildman–Crippen MR) is 74.8 cm³/mol. The van der Waals surface area contributed by atoms with E-state index < -0.39 is 0 Å². The Hall–Kier alpha value is -1.38. The molecular weight excluding hydrogens is 226 g/mol. The van der Waals surface area contributed by atoms with Gasteiger partial charge in [0, 0.05) is 13.1 Å². The van der Waals surface area contributed by atoms with Crippen molar-refractivity contribution in [3.05, 3.63) is 18.2 Å². The molecule has 0 saturated carbocycles. The first-order chi connectivity index (χ1) is 8.86. The van der Waals surface area contributed by atoms with Crippen molar-refractivity contribution in [2.45, 2.75) is 33.1 Å². The summed E-state index contributed by atoms with van der Waals surface area (Å²) in [6.45, 7) is 7.63. The van der Waals surface area contributed by atoms with Crippen molar-refractivity contribution in [2.75, 3.05) is 31.2 Å². The SMILES string of the molecule is CCOc1cccc(OCC)c1N1CCCCC1. The monoisotopic (exact) mass is 249 g/mol. The van der Waals surface area contributed by atoms with Crippen LogP contribution in [0.15, 0.2) is 18.2 Å². The summed E-state index contributed by atoms with van der Waals surface area (Å²) in [5, 5.41) is 0. The van der Waals surface area contributed by atoms with Crippen LogP contribution in [-0.4, -0.2) is 26.3 Å². The Balaban J connectivity index is 2.31. The first kappa shape index (κ1) is 13.1. The number of hydrogen-bond donors (Lipinski definition) is 0. The van der Waals surface area contributed by atoms with Crippen molar-refractivity contribution in [2.24, 2.45) is 0 Å². The van der Waals surface area contributed by atoms with E-state index >= 15 is 0 Å². The third kappa shape index (κ3) is 2.89. The lowest BCUT2D eigenvalue weighted by Crippen LogP contribution is -2.30. The highest BCUT2D eigenvalue weighted by Crippen LogP contribution is 2.39. The van der Waals surface area contributed by atoms with Crippen LogP contribution in [0.25, 0.3) is 0 Å². The van der Waals surface area contributed by atoms with Gasteiger partial charge in [-0.15, -0.1) is 0 Å². The van der Waals surface area contributed by atoms with E-state index in [0.29, 0.717) is 13.2 Å². The Morgan fingerprint density at radius 1 is 0.944 bits per heavy atom. The summed E-state index contributed by atoms with van der Waals surface area (Å²) in [4.78, 5) is 2.40. The Kier molecular flexibility index (Phi) is 4.73. The van der Waals surface area contributed by atoms with Crippen molar-refractivity contribution < 1.29 is 9.47 Å². The molecule has 0 amide bonds. The highest BCUT2D eigenvalue weighted by Gasteiger charge is 2.19. The van der Waals surface area contributed by atoms with E-state index in [1.807, 2.05) is 32.0 Å². The van der Waals surface area contributed by atoms with Gasteiger partial charge in [-0.1, -0.05) is 6.07 Å². The minimum atomic E-state index is 0.691. The molecule has 1 aliphatic heterocycles. The molecule has 1 aromatic rings. The zero-order valence-corrected chi connectivity index (χ0v) is 11.4. The molecule has 100 valence electrons. The lowest BCUT2D eigenvalue weighted by Gasteiger charge is -2.31. The molecule has 3 nitrogen and oxygen atoms in total. The number of nitrogens with zero attached hydrogens (tertiary/aromatic N) is 1. The van der Waals surface area contributed by atoms with Gasteiger partial charge in [0.05, 0.1) is 13.2 Å². The topological polar surface area (TPSA) is 21.7 Å². The van der Waals surface area contributed by atoms with Gasteiger partial charge < -0.3 is 14.4 Å². The molecule has 18 heavy (non-hydrogen) atoms. The first-order valence-electron chi connectivity index (χ1n) is 7.00. The van der Waals surface area contributed by atoms with Gasteiger partial charge in [-0.2, -0.15) is 0 Å². The number of anilines is 1. The number of rotatable bonds is 5. The third-order valence-corrected chi connectivity index (χ3v) is 3.23. The average Bonchev–Trinajstić information content (AvgIpc) is 2.41. The zero-order chi connectivity index (χ0) is 12.8. The van der Waals surface area contributed by atoms with E-state index in [4.69, 9.17) is 9.47 Å². The van der Waals surface area contributed by atoms with Crippen LogP contribution in [0.1, 0.15) is 33.1 Å². The second-order valence-electron chi connectivity index (χ2n) is 4.52. The van der Waals surface area contributed by atoms with Gasteiger partial charge in [0.25, 0.3) is 0 Å². The van der Waals surface area contributed by atoms with Crippen molar-refractivity contribution in [1.82, 2.24) is 0 Å². The fourth-order valence-electron chi connectivity index (χ4n) is 2.48. The highest BCUT2D eigenvalue weighted by molar-refractivity contribution is 5.68. The van der Waals surface area contributed by atoms with Crippen molar-refractivity contribution in [1.29, 1.82) is 0 Å². The molecular formula is C15H23NO2. The Morgan fingerprint density at radius 3 is 2.00 bits per heavy atom. The first-order valence-corrected chi connectivity index (χ1v) is 7.00. The zero-order valence-electron chi connectivity index (χ0n) is 11.4. The molecule has 0 spiro atoms. The van der Waals surface area contributed by atoms with Gasteiger partial charge >= 0.3 is 0 Å². The molecule has 1 heterocycles. The Labute approximate surface area is 110 Å². The molecule has 3 heteroatoms. The fourth-order valence-corrected chi connectivity index (χ4v) is 2.48. The molecule has 0 atom stereocenters. The third-order valence-electron chi connectivity index (χ3n) is 3.23. The van der Waals surface area contributed by atoms with Crippen LogP contribution in [0.2, 0.25) is 0 Å². The summed E-state index contributed by atoms with van der Waals surface area (Å²) in [5.41, 5.74) is 1.14. The molecule has 0 aliphatic carbocycles. The lowest BCUT2D eigenvalue weighted by atomic mass is 10.1. The van der Waals surface area contributed by atoms with Gasteiger partial charge in [0.1, 0.15) is 17.2 Å². The number of piperidine rings is 1. The smallest absolute Gasteiger partial charge is 0.146 e. The van der Waals surface area contributed by atoms with Crippen LogP contribution in [0.3, 0.4) is 0 Å². The second kappa shape index (κ2) is 6.53. The summed E-state index contributed by atoms with van der Waals surface area (Å²) in [5.74, 6) is 1.90. The molecule has 1 aromatic carbocycles. The summed E-state index contributed by atoms with van der Waals surface area (Å²) >= 11 is 0. The Morgan fingerprint density at radius 2 is 1.50 bits per heavy atom. The molecule has 0 aromatic heterocycles. The molecule has 1 fully saturated rings. The van der Waals surface area contributed by atoms with E-state index in [9.17, 15) is 0 Å². The standard InChI is InChI=1S/C15H23NO2/c1-3-17-13-9-8-10-14(18-4-2)15(13)16-11-6-5-7-12-16/h8-10H,3-7,11-12H2,1-2H3. The molecule has 0 unspecified atom stereocenters. The second-order valence-corrected chi connectivity index (χ2v) is 4.52. The van der Waals surface area contributed by atoms with Crippen molar-refractivity contribution in [3.8, 4) is 11.5 Å². The number of para-hydroxylation sites is 1. The molecule has 1 saturated heterocycles. The quantitative estimate of drug-likeness (QED) is 0.797. The van der Waals surface area contributed by atoms with Gasteiger partial charge in [0.2, 0.25) is 0 Å². The molecule has 1 aliphatic rings. The average molecular weight is 249 g/mol. The Bertz CT molecular complexity index is 349. The van der Waals surface area contributed by atoms with Crippen LogP contribution in [0.5, 0.6) is 11.5 Å². The molecule has 0 radical (unpaired) electrons. The number of benzene rings is 1. The summed E-state index contributed by atoms with van der Waals surface area (Å²) in [6, 6.07) is 6.08. The van der Waals surface area contributed by atoms with Gasteiger partial charge in [-0.05, 0) is 45.2 Å². The minimum Gasteiger partial charge on any atom is -0.492 e. The molecule has 0 bridgehead atoms. The summed E-state index contributed by atoms with van der Waals surface area (Å²) < 4.78 is 11.5. The van der Waals surface area contributed by atoms with E-state index in [-0.39, 0.29) is 0 Å². The maximum absolute atomic E-state index is 5.76. The van der Waals surface area contributed by atoms with Crippen LogP contribution < -0.4 is 14.4 Å². The number of hydrogen-bond acceptors (Lipinski definition) is 3. The van der Waals surface area contributed by atoms with Gasteiger partial charge in [-0.3, -0.25) is 0 Å². The fraction of sp³-hybridized carbons (Fsp3) is 0.600. The normalized spacial score (nSPS) is 15.6. The van der Waals surface area contributed by atoms with Crippen LogP contribution in [0.4, 0.5) is 5.69 Å². The summed E-state index contributed by atoms with van der Waals surface area (Å²) in [6.07, 6.45) is 3.84. The maximum atomic E-state index is 5.76. The van der Waals surface area contributed by atoms with Gasteiger partial charge in [0.15, 0.2) is 0 Å². The van der Waals surface area contributed by atoms with E-state index in [1.165, 1.54) is 19.3 Å². The maximum Gasteiger partial charge on any atom is 0.146 e. The van der Waals surface area contributed by atoms with Crippen molar-refractivity contribution in [3.63, 3.8) is 0 Å². The van der Waals surface area contributed by atoms with E-state index in [2.05, 4.69) is 4.90 Å². The van der Waals surface area contributed by atoms with E-state index in [0.717, 1.165) is 30.3 Å². The highest BCUT2D eigenvalue weighted by atomic mass is 16.5. The van der Waals surface area contributed by atoms with Crippen LogP contribution >= 0.6 is 0 Å². The van der Waals surface area contributed by atoms with Crippen molar-refractivity contribution >= 4 is 5.69 Å². The van der Waals surface area contributed by atoms with E-state index in [1.54, 1.807) is 0 Å². The predicted octanol–water partition coefficient (Wildman–Crippen LogP) is 3.47. The van der Waals surface area contributed by atoms with Crippen LogP contribution in [0, 0.1) is 0 Å². The van der Waals surface area contributed by atoms with Gasteiger partial charge in [-0.25, -0.2) is 0 Å². The minimum absolute atomic E-state index is 0.691. The molecule has 2 rings (SSSR count). The largest absolute Gasteiger partial charge is 0.492 e. The lowest BCUT2D eigenvalue weighted by molar-refractivity contribution is 0.322.